The molecule has 3 rings (SSSR count). The van der Waals surface area contributed by atoms with Crippen LogP contribution in [0.5, 0.6) is 11.5 Å². The summed E-state index contributed by atoms with van der Waals surface area (Å²) in [6.45, 7) is 2.07. The molecule has 1 unspecified atom stereocenters. The van der Waals surface area contributed by atoms with Crippen molar-refractivity contribution >= 4 is 12.3 Å². The van der Waals surface area contributed by atoms with Crippen LogP contribution in [-0.2, 0) is 9.47 Å². The molecule has 0 aliphatic carbocycles. The summed E-state index contributed by atoms with van der Waals surface area (Å²) in [6, 6.07) is 22.6. The van der Waals surface area contributed by atoms with E-state index in [1.54, 1.807) is 18.2 Å². The van der Waals surface area contributed by atoms with Crippen LogP contribution in [0, 0.1) is 0 Å². The molecule has 0 saturated carbocycles. The maximum Gasteiger partial charge on any atom is 0.513 e. The van der Waals surface area contributed by atoms with Gasteiger partial charge in [-0.3, -0.25) is 0 Å². The van der Waals surface area contributed by atoms with Gasteiger partial charge < -0.3 is 18.9 Å². The van der Waals surface area contributed by atoms with E-state index in [4.69, 9.17) is 9.47 Å². The number of methoxy groups -OCH3 is 2. The van der Waals surface area contributed by atoms with Crippen LogP contribution in [0.3, 0.4) is 0 Å². The standard InChI is InChI=1S/C24H22O6/c1-16(17-9-12-20(13-10-17)29-23(25)27-2)19-11-14-22(30-24(26)28-3)21(15-19)18-7-5-4-6-8-18/h4-16H,1-3H3. The van der Waals surface area contributed by atoms with Crippen molar-refractivity contribution in [3.63, 3.8) is 0 Å². The molecule has 6 nitrogen and oxygen atoms in total. The van der Waals surface area contributed by atoms with Gasteiger partial charge >= 0.3 is 12.3 Å². The van der Waals surface area contributed by atoms with Gasteiger partial charge in [-0.05, 0) is 41.0 Å². The SMILES string of the molecule is COC(=O)Oc1ccc(C(C)c2ccc(OC(=O)OC)c(-c3ccccc3)c2)cc1. The highest BCUT2D eigenvalue weighted by Gasteiger charge is 2.16. The first-order chi connectivity index (χ1) is 14.5. The Bertz CT molecular complexity index is 1010. The molecule has 0 heterocycles. The van der Waals surface area contributed by atoms with Gasteiger partial charge in [0.15, 0.2) is 0 Å². The van der Waals surface area contributed by atoms with Crippen molar-refractivity contribution < 1.29 is 28.5 Å². The van der Waals surface area contributed by atoms with Crippen LogP contribution in [0.25, 0.3) is 11.1 Å². The molecule has 154 valence electrons. The Labute approximate surface area is 175 Å². The molecular weight excluding hydrogens is 384 g/mol. The van der Waals surface area contributed by atoms with E-state index in [1.807, 2.05) is 54.6 Å². The Morgan fingerprint density at radius 2 is 1.33 bits per heavy atom. The summed E-state index contributed by atoms with van der Waals surface area (Å²) in [5.41, 5.74) is 3.78. The fourth-order valence-electron chi connectivity index (χ4n) is 3.04. The zero-order chi connectivity index (χ0) is 21.5. The van der Waals surface area contributed by atoms with Crippen LogP contribution >= 0.6 is 0 Å². The second-order valence-electron chi connectivity index (χ2n) is 6.52. The first-order valence-corrected chi connectivity index (χ1v) is 9.32. The number of carbonyl (C=O) groups excluding carboxylic acids is 2. The van der Waals surface area contributed by atoms with Gasteiger partial charge in [-0.2, -0.15) is 0 Å². The lowest BCUT2D eigenvalue weighted by Gasteiger charge is -2.17. The molecule has 1 atom stereocenters. The minimum Gasteiger partial charge on any atom is -0.437 e. The number of benzene rings is 3. The maximum absolute atomic E-state index is 11.6. The number of ether oxygens (including phenoxy) is 4. The van der Waals surface area contributed by atoms with Gasteiger partial charge in [0, 0.05) is 11.5 Å². The van der Waals surface area contributed by atoms with Crippen LogP contribution in [0.4, 0.5) is 9.59 Å². The topological polar surface area (TPSA) is 71.1 Å². The highest BCUT2D eigenvalue weighted by Crippen LogP contribution is 2.35. The Morgan fingerprint density at radius 3 is 1.97 bits per heavy atom. The molecule has 3 aromatic rings. The van der Waals surface area contributed by atoms with Gasteiger partial charge in [0.1, 0.15) is 11.5 Å². The van der Waals surface area contributed by atoms with Crippen molar-refractivity contribution in [1.82, 2.24) is 0 Å². The van der Waals surface area contributed by atoms with Crippen molar-refractivity contribution in [1.29, 1.82) is 0 Å². The van der Waals surface area contributed by atoms with Crippen molar-refractivity contribution in [2.75, 3.05) is 14.2 Å². The van der Waals surface area contributed by atoms with E-state index in [0.29, 0.717) is 11.5 Å². The lowest BCUT2D eigenvalue weighted by atomic mass is 9.90. The van der Waals surface area contributed by atoms with Crippen molar-refractivity contribution in [2.24, 2.45) is 0 Å². The first-order valence-electron chi connectivity index (χ1n) is 9.32. The molecule has 0 amide bonds. The Kier molecular flexibility index (Phi) is 6.70. The van der Waals surface area contributed by atoms with Crippen LogP contribution in [0.15, 0.2) is 72.8 Å². The fourth-order valence-corrected chi connectivity index (χ4v) is 3.04. The summed E-state index contributed by atoms with van der Waals surface area (Å²) in [5.74, 6) is 0.877. The molecule has 30 heavy (non-hydrogen) atoms. The highest BCUT2D eigenvalue weighted by atomic mass is 16.7. The van der Waals surface area contributed by atoms with Crippen LogP contribution in [0.2, 0.25) is 0 Å². The largest absolute Gasteiger partial charge is 0.513 e. The zero-order valence-electron chi connectivity index (χ0n) is 17.0. The van der Waals surface area contributed by atoms with Crippen LogP contribution in [0.1, 0.15) is 24.0 Å². The second-order valence-corrected chi connectivity index (χ2v) is 6.52. The van der Waals surface area contributed by atoms with Crippen molar-refractivity contribution in [3.8, 4) is 22.6 Å². The van der Waals surface area contributed by atoms with E-state index in [-0.39, 0.29) is 5.92 Å². The maximum atomic E-state index is 11.6. The number of hydrogen-bond acceptors (Lipinski definition) is 6. The van der Waals surface area contributed by atoms with E-state index in [1.165, 1.54) is 14.2 Å². The van der Waals surface area contributed by atoms with Crippen molar-refractivity contribution in [3.05, 3.63) is 83.9 Å². The highest BCUT2D eigenvalue weighted by molar-refractivity contribution is 5.75. The minimum atomic E-state index is -0.769. The lowest BCUT2D eigenvalue weighted by Crippen LogP contribution is -2.08. The van der Waals surface area contributed by atoms with Crippen molar-refractivity contribution in [2.45, 2.75) is 12.8 Å². The molecule has 3 aromatic carbocycles. The van der Waals surface area contributed by atoms with E-state index >= 15 is 0 Å². The lowest BCUT2D eigenvalue weighted by molar-refractivity contribution is 0.120. The van der Waals surface area contributed by atoms with Gasteiger partial charge in [-0.25, -0.2) is 9.59 Å². The van der Waals surface area contributed by atoms with E-state index < -0.39 is 12.3 Å². The molecule has 0 aliphatic heterocycles. The third kappa shape index (κ3) is 4.97. The molecule has 0 N–H and O–H groups in total. The molecule has 0 radical (unpaired) electrons. The predicted octanol–water partition coefficient (Wildman–Crippen LogP) is 5.80. The summed E-state index contributed by atoms with van der Waals surface area (Å²) in [5, 5.41) is 0. The van der Waals surface area contributed by atoms with Crippen LogP contribution < -0.4 is 9.47 Å². The second kappa shape index (κ2) is 9.60. The molecule has 0 aromatic heterocycles. The number of hydrogen-bond donors (Lipinski definition) is 0. The quantitative estimate of drug-likeness (QED) is 0.394. The van der Waals surface area contributed by atoms with E-state index in [0.717, 1.165) is 22.3 Å². The summed E-state index contributed by atoms with van der Waals surface area (Å²) >= 11 is 0. The molecule has 0 fully saturated rings. The molecule has 0 aliphatic rings. The van der Waals surface area contributed by atoms with Crippen LogP contribution in [-0.4, -0.2) is 26.5 Å². The van der Waals surface area contributed by atoms with E-state index in [2.05, 4.69) is 16.4 Å². The monoisotopic (exact) mass is 406 g/mol. The summed E-state index contributed by atoms with van der Waals surface area (Å²) in [7, 11) is 2.53. The number of carbonyl (C=O) groups is 2. The molecule has 0 spiro atoms. The van der Waals surface area contributed by atoms with Gasteiger partial charge in [-0.15, -0.1) is 0 Å². The zero-order valence-corrected chi connectivity index (χ0v) is 17.0. The summed E-state index contributed by atoms with van der Waals surface area (Å²) in [4.78, 5) is 22.9. The fraction of sp³-hybridized carbons (Fsp3) is 0.167. The molecule has 0 saturated heterocycles. The number of rotatable bonds is 5. The molecule has 0 bridgehead atoms. The van der Waals surface area contributed by atoms with E-state index in [9.17, 15) is 9.59 Å². The Hall–Kier alpha value is -3.80. The summed E-state index contributed by atoms with van der Waals surface area (Å²) < 4.78 is 19.5. The smallest absolute Gasteiger partial charge is 0.437 e. The third-order valence-corrected chi connectivity index (χ3v) is 4.70. The molecule has 6 heteroatoms. The summed E-state index contributed by atoms with van der Waals surface area (Å²) in [6.07, 6.45) is -1.53. The van der Waals surface area contributed by atoms with Gasteiger partial charge in [0.2, 0.25) is 0 Å². The first kappa shape index (κ1) is 20.9. The average Bonchev–Trinajstić information content (AvgIpc) is 2.79. The van der Waals surface area contributed by atoms with Gasteiger partial charge in [0.25, 0.3) is 0 Å². The Balaban J connectivity index is 1.91. The average molecular weight is 406 g/mol. The van der Waals surface area contributed by atoms with Gasteiger partial charge in [0.05, 0.1) is 14.2 Å². The predicted molar refractivity (Wildman–Crippen MR) is 112 cm³/mol. The molecular formula is C24H22O6. The Morgan fingerprint density at radius 1 is 0.733 bits per heavy atom. The normalized spacial score (nSPS) is 11.3. The van der Waals surface area contributed by atoms with Gasteiger partial charge in [-0.1, -0.05) is 55.5 Å². The third-order valence-electron chi connectivity index (χ3n) is 4.70. The minimum absolute atomic E-state index is 0.0480.